The minimum Gasteiger partial charge on any atom is -0.328 e. The lowest BCUT2D eigenvalue weighted by molar-refractivity contribution is -0.0706. The van der Waals surface area contributed by atoms with Gasteiger partial charge in [0, 0.05) is 5.69 Å². The summed E-state index contributed by atoms with van der Waals surface area (Å²) in [5.41, 5.74) is 0.544. The van der Waals surface area contributed by atoms with Gasteiger partial charge in [-0.25, -0.2) is 0 Å². The lowest BCUT2D eigenvalue weighted by Crippen LogP contribution is -2.20. The Bertz CT molecular complexity index is 263. The van der Waals surface area contributed by atoms with Gasteiger partial charge in [0.05, 0.1) is 0 Å². The second-order valence-electron chi connectivity index (χ2n) is 2.03. The molecule has 0 saturated heterocycles. The van der Waals surface area contributed by atoms with Crippen molar-refractivity contribution in [3.8, 4) is 0 Å². The minimum absolute atomic E-state index is 0.544. The molecular formula is C7H6F2N2S. The van der Waals surface area contributed by atoms with E-state index in [9.17, 15) is 8.96 Å². The molecule has 1 aromatic carbocycles. The predicted octanol–water partition coefficient (Wildman–Crippen LogP) is 2.45. The van der Waals surface area contributed by atoms with E-state index < -0.39 is 10.5 Å². The van der Waals surface area contributed by atoms with Crippen LogP contribution in [0.4, 0.5) is 14.6 Å². The van der Waals surface area contributed by atoms with Crippen molar-refractivity contribution in [2.75, 3.05) is 5.32 Å². The number of rotatable bonds is 1. The monoisotopic (exact) mass is 188 g/mol. The second kappa shape index (κ2) is 3.96. The molecule has 2 nitrogen and oxygen atoms in total. The first-order valence-corrected chi connectivity index (χ1v) is 3.58. The number of halogens is 2. The van der Waals surface area contributed by atoms with Gasteiger partial charge in [-0.2, -0.15) is 0 Å². The zero-order chi connectivity index (χ0) is 8.97. The molecule has 0 fully saturated rings. The van der Waals surface area contributed by atoms with Gasteiger partial charge in [0.2, 0.25) is 5.11 Å². The summed E-state index contributed by atoms with van der Waals surface area (Å²) in [6, 6.07) is 8.54. The predicted molar refractivity (Wildman–Crippen MR) is 46.7 cm³/mol. The van der Waals surface area contributed by atoms with Crippen LogP contribution in [0.3, 0.4) is 0 Å². The first kappa shape index (κ1) is 8.86. The van der Waals surface area contributed by atoms with Crippen LogP contribution in [0.15, 0.2) is 30.3 Å². The number of nitrogens with one attached hydrogen (secondary N) is 1. The van der Waals surface area contributed by atoms with Gasteiger partial charge in [-0.1, -0.05) is 27.2 Å². The Morgan fingerprint density at radius 2 is 1.83 bits per heavy atom. The number of nitrogens with zero attached hydrogens (tertiary/aromatic N) is 1. The third-order valence-electron chi connectivity index (χ3n) is 1.18. The molecule has 0 aliphatic rings. The molecular weight excluding hydrogens is 182 g/mol. The smallest absolute Gasteiger partial charge is 0.237 e. The van der Waals surface area contributed by atoms with E-state index in [0.717, 1.165) is 0 Å². The molecule has 0 saturated carbocycles. The average molecular weight is 188 g/mol. The van der Waals surface area contributed by atoms with Gasteiger partial charge in [-0.15, -0.1) is 0 Å². The van der Waals surface area contributed by atoms with E-state index in [-0.39, 0.29) is 0 Å². The second-order valence-corrected chi connectivity index (χ2v) is 2.42. The molecule has 0 atom stereocenters. The Morgan fingerprint density at radius 3 is 2.33 bits per heavy atom. The van der Waals surface area contributed by atoms with Crippen LogP contribution in [-0.2, 0) is 0 Å². The molecule has 0 bridgehead atoms. The zero-order valence-corrected chi connectivity index (χ0v) is 6.81. The maximum Gasteiger partial charge on any atom is 0.237 e. The summed E-state index contributed by atoms with van der Waals surface area (Å²) in [4.78, 5) is 0. The first-order chi connectivity index (χ1) is 5.70. The SMILES string of the molecule is FN(F)C(=S)Nc1ccccc1. The quantitative estimate of drug-likeness (QED) is 0.538. The topological polar surface area (TPSA) is 15.3 Å². The number of para-hydroxylation sites is 1. The Balaban J connectivity index is 2.59. The lowest BCUT2D eigenvalue weighted by Gasteiger charge is -2.06. The van der Waals surface area contributed by atoms with Crippen molar-refractivity contribution in [3.63, 3.8) is 0 Å². The van der Waals surface area contributed by atoms with Crippen LogP contribution in [0, 0.1) is 0 Å². The standard InChI is InChI=1S/C7H6F2N2S/c8-11(9)7(12)10-6-4-2-1-3-5-6/h1-5H,(H,10,12). The van der Waals surface area contributed by atoms with Crippen molar-refractivity contribution in [1.82, 2.24) is 5.34 Å². The van der Waals surface area contributed by atoms with Gasteiger partial charge in [0.25, 0.3) is 0 Å². The highest BCUT2D eigenvalue weighted by atomic mass is 32.1. The number of hydrogen-bond acceptors (Lipinski definition) is 1. The molecule has 0 amide bonds. The summed E-state index contributed by atoms with van der Waals surface area (Å²) in [5.74, 6) is 0. The highest BCUT2D eigenvalue weighted by Gasteiger charge is 2.05. The summed E-state index contributed by atoms with van der Waals surface area (Å²) in [6.45, 7) is 0. The van der Waals surface area contributed by atoms with Crippen molar-refractivity contribution < 1.29 is 8.96 Å². The zero-order valence-electron chi connectivity index (χ0n) is 6.00. The molecule has 1 rings (SSSR count). The van der Waals surface area contributed by atoms with E-state index in [1.807, 2.05) is 0 Å². The number of anilines is 1. The lowest BCUT2D eigenvalue weighted by atomic mass is 10.3. The summed E-state index contributed by atoms with van der Waals surface area (Å²) < 4.78 is 23.5. The minimum atomic E-state index is -1.14. The van der Waals surface area contributed by atoms with Gasteiger partial charge in [-0.3, -0.25) is 0 Å². The van der Waals surface area contributed by atoms with Crippen molar-refractivity contribution in [1.29, 1.82) is 0 Å². The molecule has 0 aliphatic carbocycles. The van der Waals surface area contributed by atoms with Crippen molar-refractivity contribution in [3.05, 3.63) is 30.3 Å². The van der Waals surface area contributed by atoms with Crippen LogP contribution in [0.5, 0.6) is 0 Å². The maximum absolute atomic E-state index is 11.7. The van der Waals surface area contributed by atoms with E-state index in [1.54, 1.807) is 30.3 Å². The molecule has 0 aromatic heterocycles. The van der Waals surface area contributed by atoms with Crippen LogP contribution < -0.4 is 5.32 Å². The summed E-state index contributed by atoms with van der Waals surface area (Å²) in [5, 5.41) is 0.602. The normalized spacial score (nSPS) is 9.17. The van der Waals surface area contributed by atoms with Gasteiger partial charge in [0.15, 0.2) is 0 Å². The van der Waals surface area contributed by atoms with E-state index in [4.69, 9.17) is 0 Å². The summed E-state index contributed by atoms with van der Waals surface area (Å²) in [6.07, 6.45) is 0. The first-order valence-electron chi connectivity index (χ1n) is 3.18. The fourth-order valence-electron chi connectivity index (χ4n) is 0.687. The third-order valence-corrected chi connectivity index (χ3v) is 1.42. The van der Waals surface area contributed by atoms with Gasteiger partial charge in [0.1, 0.15) is 0 Å². The van der Waals surface area contributed by atoms with Crippen LogP contribution in [0.1, 0.15) is 0 Å². The largest absolute Gasteiger partial charge is 0.328 e. The fraction of sp³-hybridized carbons (Fsp3) is 0. The molecule has 5 heteroatoms. The molecule has 0 unspecified atom stereocenters. The number of hydrogen-bond donors (Lipinski definition) is 1. The fourth-order valence-corrected chi connectivity index (χ4v) is 0.805. The molecule has 1 N–H and O–H groups in total. The van der Waals surface area contributed by atoms with E-state index in [2.05, 4.69) is 17.5 Å². The van der Waals surface area contributed by atoms with E-state index >= 15 is 0 Å². The number of thiocarbonyl (C=S) groups is 1. The molecule has 64 valence electrons. The van der Waals surface area contributed by atoms with Crippen molar-refractivity contribution >= 4 is 23.0 Å². The van der Waals surface area contributed by atoms with E-state index in [0.29, 0.717) is 5.69 Å². The van der Waals surface area contributed by atoms with Gasteiger partial charge >= 0.3 is 0 Å². The summed E-state index contributed by atoms with van der Waals surface area (Å²) in [7, 11) is 0. The summed E-state index contributed by atoms with van der Waals surface area (Å²) >= 11 is 4.32. The highest BCUT2D eigenvalue weighted by molar-refractivity contribution is 7.80. The Morgan fingerprint density at radius 1 is 1.25 bits per heavy atom. The van der Waals surface area contributed by atoms with Crippen LogP contribution in [-0.4, -0.2) is 10.5 Å². The molecule has 1 aromatic rings. The molecule has 0 spiro atoms. The Kier molecular flexibility index (Phi) is 2.93. The van der Waals surface area contributed by atoms with Crippen LogP contribution in [0.25, 0.3) is 0 Å². The van der Waals surface area contributed by atoms with Gasteiger partial charge < -0.3 is 5.32 Å². The molecule has 0 heterocycles. The van der Waals surface area contributed by atoms with Crippen LogP contribution in [0.2, 0.25) is 0 Å². The molecule has 12 heavy (non-hydrogen) atoms. The highest BCUT2D eigenvalue weighted by Crippen LogP contribution is 2.06. The van der Waals surface area contributed by atoms with Gasteiger partial charge in [-0.05, 0) is 29.7 Å². The van der Waals surface area contributed by atoms with E-state index in [1.165, 1.54) is 0 Å². The average Bonchev–Trinajstić information content (AvgIpc) is 2.06. The number of benzene rings is 1. The Labute approximate surface area is 73.7 Å². The van der Waals surface area contributed by atoms with Crippen molar-refractivity contribution in [2.24, 2.45) is 0 Å². The molecule has 0 radical (unpaired) electrons. The maximum atomic E-state index is 11.7. The third kappa shape index (κ3) is 2.43. The molecule has 0 aliphatic heterocycles. The van der Waals surface area contributed by atoms with Crippen molar-refractivity contribution in [2.45, 2.75) is 0 Å². The Hall–Kier alpha value is -1.23. The van der Waals surface area contributed by atoms with Crippen LogP contribution >= 0.6 is 12.2 Å².